The summed E-state index contributed by atoms with van der Waals surface area (Å²) in [5.74, 6) is 5.90. The SMILES string of the molecule is NCC#Cc1ccsc1CNC(=O)CC1CCCCO1. The highest BCUT2D eigenvalue weighted by Gasteiger charge is 2.17. The Morgan fingerprint density at radius 3 is 3.20 bits per heavy atom. The first-order valence-electron chi connectivity index (χ1n) is 6.93. The Morgan fingerprint density at radius 2 is 2.45 bits per heavy atom. The molecule has 2 rings (SSSR count). The molecule has 2 heterocycles. The summed E-state index contributed by atoms with van der Waals surface area (Å²) in [6.07, 6.45) is 3.79. The lowest BCUT2D eigenvalue weighted by Crippen LogP contribution is -2.30. The number of ether oxygens (including phenoxy) is 1. The van der Waals surface area contributed by atoms with Crippen LogP contribution in [0.3, 0.4) is 0 Å². The highest BCUT2D eigenvalue weighted by atomic mass is 32.1. The Labute approximate surface area is 123 Å². The average Bonchev–Trinajstić information content (AvgIpc) is 2.91. The molecule has 3 N–H and O–H groups in total. The van der Waals surface area contributed by atoms with Gasteiger partial charge in [-0.2, -0.15) is 0 Å². The minimum atomic E-state index is 0.0445. The molecule has 0 spiro atoms. The number of amides is 1. The van der Waals surface area contributed by atoms with Crippen molar-refractivity contribution in [3.05, 3.63) is 21.9 Å². The van der Waals surface area contributed by atoms with Crippen LogP contribution in [0.15, 0.2) is 11.4 Å². The predicted octanol–water partition coefficient (Wildman–Crippen LogP) is 1.63. The Morgan fingerprint density at radius 1 is 1.55 bits per heavy atom. The van der Waals surface area contributed by atoms with Crippen molar-refractivity contribution in [2.75, 3.05) is 13.2 Å². The molecule has 108 valence electrons. The normalized spacial score (nSPS) is 18.1. The van der Waals surface area contributed by atoms with Gasteiger partial charge in [-0.3, -0.25) is 4.79 Å². The van der Waals surface area contributed by atoms with Crippen molar-refractivity contribution in [2.45, 2.75) is 38.3 Å². The number of hydrogen-bond donors (Lipinski definition) is 2. The maximum atomic E-state index is 11.9. The van der Waals surface area contributed by atoms with Gasteiger partial charge in [-0.15, -0.1) is 11.3 Å². The van der Waals surface area contributed by atoms with Gasteiger partial charge in [-0.1, -0.05) is 11.8 Å². The zero-order chi connectivity index (χ0) is 14.2. The van der Waals surface area contributed by atoms with Gasteiger partial charge < -0.3 is 15.8 Å². The van der Waals surface area contributed by atoms with Gasteiger partial charge in [-0.05, 0) is 30.7 Å². The van der Waals surface area contributed by atoms with Crippen LogP contribution in [0.5, 0.6) is 0 Å². The van der Waals surface area contributed by atoms with Crippen LogP contribution in [-0.4, -0.2) is 25.2 Å². The standard InChI is InChI=1S/C15H20N2O2S/c16-7-3-4-12-6-9-20-14(12)11-17-15(18)10-13-5-1-2-8-19-13/h6,9,13H,1-2,5,7-8,10-11,16H2,(H,17,18). The van der Waals surface area contributed by atoms with Gasteiger partial charge in [0.15, 0.2) is 0 Å². The molecule has 5 heteroatoms. The molecule has 1 unspecified atom stereocenters. The van der Waals surface area contributed by atoms with E-state index in [-0.39, 0.29) is 12.0 Å². The van der Waals surface area contributed by atoms with Gasteiger partial charge in [0, 0.05) is 17.0 Å². The molecule has 1 aliphatic heterocycles. The first-order chi connectivity index (χ1) is 9.79. The lowest BCUT2D eigenvalue weighted by Gasteiger charge is -2.21. The van der Waals surface area contributed by atoms with E-state index in [0.717, 1.165) is 36.3 Å². The lowest BCUT2D eigenvalue weighted by atomic mass is 10.1. The van der Waals surface area contributed by atoms with Crippen molar-refractivity contribution >= 4 is 17.2 Å². The molecule has 4 nitrogen and oxygen atoms in total. The molecular weight excluding hydrogens is 272 g/mol. The van der Waals surface area contributed by atoms with Gasteiger partial charge in [-0.25, -0.2) is 0 Å². The summed E-state index contributed by atoms with van der Waals surface area (Å²) in [5.41, 5.74) is 6.32. The maximum absolute atomic E-state index is 11.9. The van der Waals surface area contributed by atoms with Gasteiger partial charge in [0.2, 0.25) is 5.91 Å². The summed E-state index contributed by atoms with van der Waals surface area (Å²) >= 11 is 1.60. The van der Waals surface area contributed by atoms with Crippen molar-refractivity contribution in [1.29, 1.82) is 0 Å². The van der Waals surface area contributed by atoms with E-state index >= 15 is 0 Å². The van der Waals surface area contributed by atoms with E-state index in [1.807, 2.05) is 11.4 Å². The van der Waals surface area contributed by atoms with Crippen LogP contribution in [-0.2, 0) is 16.1 Å². The molecule has 1 aromatic rings. The number of carbonyl (C=O) groups is 1. The molecule has 1 aromatic heterocycles. The number of hydrogen-bond acceptors (Lipinski definition) is 4. The molecule has 1 atom stereocenters. The van der Waals surface area contributed by atoms with Crippen LogP contribution < -0.4 is 11.1 Å². The smallest absolute Gasteiger partial charge is 0.222 e. The fourth-order valence-corrected chi connectivity index (χ4v) is 2.93. The number of nitrogens with two attached hydrogens (primary N) is 1. The van der Waals surface area contributed by atoms with Crippen LogP contribution in [0.2, 0.25) is 0 Å². The van der Waals surface area contributed by atoms with Crippen LogP contribution in [0, 0.1) is 11.8 Å². The summed E-state index contributed by atoms with van der Waals surface area (Å²) in [7, 11) is 0. The molecule has 1 fully saturated rings. The second-order valence-electron chi connectivity index (χ2n) is 4.73. The topological polar surface area (TPSA) is 64.3 Å². The van der Waals surface area contributed by atoms with Gasteiger partial charge in [0.1, 0.15) is 0 Å². The van der Waals surface area contributed by atoms with E-state index in [1.54, 1.807) is 11.3 Å². The van der Waals surface area contributed by atoms with Crippen LogP contribution in [0.1, 0.15) is 36.1 Å². The van der Waals surface area contributed by atoms with E-state index in [1.165, 1.54) is 0 Å². The average molecular weight is 292 g/mol. The zero-order valence-corrected chi connectivity index (χ0v) is 12.3. The monoisotopic (exact) mass is 292 g/mol. The third-order valence-corrected chi connectivity index (χ3v) is 4.12. The number of rotatable bonds is 4. The Balaban J connectivity index is 1.79. The summed E-state index contributed by atoms with van der Waals surface area (Å²) in [6.45, 7) is 1.65. The fourth-order valence-electron chi connectivity index (χ4n) is 2.16. The summed E-state index contributed by atoms with van der Waals surface area (Å²) in [5, 5.41) is 4.92. The van der Waals surface area contributed by atoms with Crippen molar-refractivity contribution in [3.63, 3.8) is 0 Å². The van der Waals surface area contributed by atoms with Crippen LogP contribution in [0.25, 0.3) is 0 Å². The summed E-state index contributed by atoms with van der Waals surface area (Å²) in [4.78, 5) is 13.0. The maximum Gasteiger partial charge on any atom is 0.222 e. The van der Waals surface area contributed by atoms with E-state index in [4.69, 9.17) is 10.5 Å². The minimum absolute atomic E-state index is 0.0445. The number of carbonyl (C=O) groups excluding carboxylic acids is 1. The molecular formula is C15H20N2O2S. The molecule has 1 saturated heterocycles. The molecule has 0 bridgehead atoms. The Kier molecular flexibility index (Phi) is 6.06. The van der Waals surface area contributed by atoms with Crippen LogP contribution >= 0.6 is 11.3 Å². The fraction of sp³-hybridized carbons (Fsp3) is 0.533. The Hall–Kier alpha value is -1.35. The van der Waals surface area contributed by atoms with Gasteiger partial charge >= 0.3 is 0 Å². The number of nitrogens with one attached hydrogen (secondary N) is 1. The van der Waals surface area contributed by atoms with Gasteiger partial charge in [0.05, 0.1) is 25.6 Å². The molecule has 0 radical (unpaired) electrons. The number of thiophene rings is 1. The molecule has 0 saturated carbocycles. The first kappa shape index (κ1) is 15.0. The van der Waals surface area contributed by atoms with E-state index in [2.05, 4.69) is 17.2 Å². The van der Waals surface area contributed by atoms with E-state index in [9.17, 15) is 4.79 Å². The van der Waals surface area contributed by atoms with Crippen molar-refractivity contribution in [2.24, 2.45) is 5.73 Å². The molecule has 0 aliphatic carbocycles. The highest BCUT2D eigenvalue weighted by Crippen LogP contribution is 2.17. The second kappa shape index (κ2) is 8.05. The molecule has 1 amide bonds. The highest BCUT2D eigenvalue weighted by molar-refractivity contribution is 7.10. The van der Waals surface area contributed by atoms with Crippen molar-refractivity contribution in [3.8, 4) is 11.8 Å². The first-order valence-corrected chi connectivity index (χ1v) is 7.81. The third-order valence-electron chi connectivity index (χ3n) is 3.20. The van der Waals surface area contributed by atoms with Crippen molar-refractivity contribution < 1.29 is 9.53 Å². The van der Waals surface area contributed by atoms with Gasteiger partial charge in [0.25, 0.3) is 0 Å². The third kappa shape index (κ3) is 4.64. The van der Waals surface area contributed by atoms with Crippen molar-refractivity contribution in [1.82, 2.24) is 5.32 Å². The Bertz CT molecular complexity index is 495. The van der Waals surface area contributed by atoms with Crippen LogP contribution in [0.4, 0.5) is 0 Å². The quantitative estimate of drug-likeness (QED) is 0.829. The minimum Gasteiger partial charge on any atom is -0.378 e. The summed E-state index contributed by atoms with van der Waals surface area (Å²) in [6, 6.07) is 1.96. The zero-order valence-electron chi connectivity index (χ0n) is 11.5. The second-order valence-corrected chi connectivity index (χ2v) is 5.73. The summed E-state index contributed by atoms with van der Waals surface area (Å²) < 4.78 is 5.57. The predicted molar refractivity (Wildman–Crippen MR) is 80.3 cm³/mol. The largest absolute Gasteiger partial charge is 0.378 e. The molecule has 20 heavy (non-hydrogen) atoms. The molecule has 0 aromatic carbocycles. The van der Waals surface area contributed by atoms with E-state index in [0.29, 0.717) is 19.5 Å². The van der Waals surface area contributed by atoms with E-state index < -0.39 is 0 Å². The lowest BCUT2D eigenvalue weighted by molar-refractivity contribution is -0.125. The molecule has 1 aliphatic rings.